The highest BCUT2D eigenvalue weighted by molar-refractivity contribution is 5.82. The largest absolute Gasteiger partial charge is 0.486 e. The molecule has 1 N–H and O–H groups in total. The van der Waals surface area contributed by atoms with E-state index in [1.165, 1.54) is 5.56 Å². The molecule has 1 aliphatic heterocycles. The first-order chi connectivity index (χ1) is 16.0. The first-order valence-electron chi connectivity index (χ1n) is 11.2. The van der Waals surface area contributed by atoms with Gasteiger partial charge < -0.3 is 14.8 Å². The predicted molar refractivity (Wildman–Crippen MR) is 132 cm³/mol. The minimum atomic E-state index is 0.0994. The number of rotatable bonds is 4. The van der Waals surface area contributed by atoms with E-state index in [0.29, 0.717) is 19.0 Å². The van der Waals surface area contributed by atoms with Gasteiger partial charge in [0.25, 0.3) is 0 Å². The van der Waals surface area contributed by atoms with Crippen LogP contribution in [-0.4, -0.2) is 23.4 Å². The van der Waals surface area contributed by atoms with Crippen molar-refractivity contribution in [2.24, 2.45) is 0 Å². The highest BCUT2D eigenvalue weighted by atomic mass is 16.6. The van der Waals surface area contributed by atoms with Crippen LogP contribution in [0.4, 0.5) is 11.5 Å². The van der Waals surface area contributed by atoms with E-state index >= 15 is 0 Å². The number of aromatic nitrogens is 2. The molecule has 0 bridgehead atoms. The highest BCUT2D eigenvalue weighted by Crippen LogP contribution is 2.36. The molecule has 0 spiro atoms. The molecule has 33 heavy (non-hydrogen) atoms. The number of hydrogen-bond acceptors (Lipinski definition) is 5. The maximum absolute atomic E-state index is 5.71. The summed E-state index contributed by atoms with van der Waals surface area (Å²) in [5.74, 6) is 2.16. The molecule has 0 radical (unpaired) electrons. The maximum atomic E-state index is 5.71. The monoisotopic (exact) mass is 437 g/mol. The van der Waals surface area contributed by atoms with E-state index in [4.69, 9.17) is 9.47 Å². The Kier molecular flexibility index (Phi) is 5.47. The Morgan fingerprint density at radius 3 is 2.18 bits per heavy atom. The summed E-state index contributed by atoms with van der Waals surface area (Å²) >= 11 is 0. The Labute approximate surface area is 194 Å². The first kappa shape index (κ1) is 21.0. The number of nitrogens with one attached hydrogen (secondary N) is 1. The van der Waals surface area contributed by atoms with E-state index in [9.17, 15) is 0 Å². The smallest absolute Gasteiger partial charge is 0.163 e. The van der Waals surface area contributed by atoms with Crippen LogP contribution in [0.15, 0.2) is 78.9 Å². The standard InChI is InChI=1S/C28H27N3O2/c1-28(2,3)21-11-9-19(10-12-21)23-18-26(30-31-27(23)20-7-5-4-6-8-20)29-22-13-14-24-25(17-22)33-16-15-32-24/h4-14,17-18H,15-16H2,1-3H3,(H,29,30). The lowest BCUT2D eigenvalue weighted by Crippen LogP contribution is -2.15. The van der Waals surface area contributed by atoms with E-state index in [1.54, 1.807) is 0 Å². The Hall–Kier alpha value is -3.86. The zero-order valence-corrected chi connectivity index (χ0v) is 19.1. The van der Waals surface area contributed by atoms with Gasteiger partial charge in [0.1, 0.15) is 18.9 Å². The van der Waals surface area contributed by atoms with Crippen molar-refractivity contribution in [3.05, 3.63) is 84.4 Å². The number of anilines is 2. The molecule has 5 heteroatoms. The van der Waals surface area contributed by atoms with Crippen molar-refractivity contribution in [2.45, 2.75) is 26.2 Å². The van der Waals surface area contributed by atoms with Gasteiger partial charge >= 0.3 is 0 Å². The molecule has 0 fully saturated rings. The number of fused-ring (bicyclic) bond motifs is 1. The van der Waals surface area contributed by atoms with Gasteiger partial charge in [-0.25, -0.2) is 0 Å². The number of ether oxygens (including phenoxy) is 2. The summed E-state index contributed by atoms with van der Waals surface area (Å²) in [4.78, 5) is 0. The summed E-state index contributed by atoms with van der Waals surface area (Å²) in [6.07, 6.45) is 0. The highest BCUT2D eigenvalue weighted by Gasteiger charge is 2.17. The number of hydrogen-bond donors (Lipinski definition) is 1. The van der Waals surface area contributed by atoms with Gasteiger partial charge in [-0.15, -0.1) is 10.2 Å². The lowest BCUT2D eigenvalue weighted by Gasteiger charge is -2.20. The third-order valence-electron chi connectivity index (χ3n) is 5.72. The molecule has 1 aromatic heterocycles. The second-order valence-corrected chi connectivity index (χ2v) is 9.17. The predicted octanol–water partition coefficient (Wildman–Crippen LogP) is 6.62. The van der Waals surface area contributed by atoms with Crippen LogP contribution in [0.3, 0.4) is 0 Å². The van der Waals surface area contributed by atoms with Crippen LogP contribution in [0, 0.1) is 0 Å². The van der Waals surface area contributed by atoms with E-state index in [2.05, 4.69) is 78.7 Å². The van der Waals surface area contributed by atoms with Gasteiger partial charge in [0, 0.05) is 22.9 Å². The van der Waals surface area contributed by atoms with Crippen molar-refractivity contribution in [1.29, 1.82) is 0 Å². The minimum absolute atomic E-state index is 0.0994. The summed E-state index contributed by atoms with van der Waals surface area (Å²) in [6, 6.07) is 26.7. The molecule has 0 saturated heterocycles. The molecule has 5 rings (SSSR count). The molecule has 2 heterocycles. The molecule has 0 amide bonds. The number of benzene rings is 3. The van der Waals surface area contributed by atoms with Crippen molar-refractivity contribution < 1.29 is 9.47 Å². The lowest BCUT2D eigenvalue weighted by atomic mass is 9.86. The Balaban J connectivity index is 1.53. The molecule has 0 saturated carbocycles. The molecule has 5 nitrogen and oxygen atoms in total. The molecule has 0 atom stereocenters. The van der Waals surface area contributed by atoms with E-state index < -0.39 is 0 Å². The Bertz CT molecular complexity index is 1260. The van der Waals surface area contributed by atoms with Crippen LogP contribution in [0.25, 0.3) is 22.4 Å². The van der Waals surface area contributed by atoms with Crippen molar-refractivity contribution in [1.82, 2.24) is 10.2 Å². The summed E-state index contributed by atoms with van der Waals surface area (Å²) < 4.78 is 11.3. The second-order valence-electron chi connectivity index (χ2n) is 9.17. The van der Waals surface area contributed by atoms with Crippen molar-refractivity contribution in [3.63, 3.8) is 0 Å². The van der Waals surface area contributed by atoms with E-state index in [-0.39, 0.29) is 5.41 Å². The van der Waals surface area contributed by atoms with Gasteiger partial charge in [-0.05, 0) is 34.7 Å². The molecular weight excluding hydrogens is 410 g/mol. The molecular formula is C28H27N3O2. The third-order valence-corrected chi connectivity index (χ3v) is 5.72. The summed E-state index contributed by atoms with van der Waals surface area (Å²) in [5, 5.41) is 12.5. The SMILES string of the molecule is CC(C)(C)c1ccc(-c2cc(Nc3ccc4c(c3)OCCO4)nnc2-c2ccccc2)cc1. The van der Waals surface area contributed by atoms with E-state index in [1.807, 2.05) is 36.4 Å². The zero-order valence-electron chi connectivity index (χ0n) is 19.1. The molecule has 166 valence electrons. The van der Waals surface area contributed by atoms with Gasteiger partial charge in [0.15, 0.2) is 17.3 Å². The zero-order chi connectivity index (χ0) is 22.8. The average molecular weight is 438 g/mol. The third kappa shape index (κ3) is 4.53. The van der Waals surface area contributed by atoms with Gasteiger partial charge in [-0.3, -0.25) is 0 Å². The fourth-order valence-corrected chi connectivity index (χ4v) is 3.90. The topological polar surface area (TPSA) is 56.3 Å². The quantitative estimate of drug-likeness (QED) is 0.389. The van der Waals surface area contributed by atoms with Gasteiger partial charge in [0.05, 0.1) is 0 Å². The van der Waals surface area contributed by atoms with Crippen LogP contribution >= 0.6 is 0 Å². The average Bonchev–Trinajstić information content (AvgIpc) is 2.84. The van der Waals surface area contributed by atoms with Crippen molar-refractivity contribution in [3.8, 4) is 33.9 Å². The molecule has 1 aliphatic rings. The minimum Gasteiger partial charge on any atom is -0.486 e. The fraction of sp³-hybridized carbons (Fsp3) is 0.214. The van der Waals surface area contributed by atoms with Crippen LogP contribution in [0.2, 0.25) is 0 Å². The molecule has 4 aromatic rings. The van der Waals surface area contributed by atoms with Crippen LogP contribution < -0.4 is 14.8 Å². The molecule has 3 aromatic carbocycles. The summed E-state index contributed by atoms with van der Waals surface area (Å²) in [5.41, 5.74) is 6.28. The molecule has 0 unspecified atom stereocenters. The van der Waals surface area contributed by atoms with Crippen LogP contribution in [0.1, 0.15) is 26.3 Å². The first-order valence-corrected chi connectivity index (χ1v) is 11.2. The van der Waals surface area contributed by atoms with Gasteiger partial charge in [-0.2, -0.15) is 0 Å². The van der Waals surface area contributed by atoms with Gasteiger partial charge in [-0.1, -0.05) is 75.4 Å². The normalized spacial score (nSPS) is 12.9. The second kappa shape index (κ2) is 8.58. The van der Waals surface area contributed by atoms with Gasteiger partial charge in [0.2, 0.25) is 0 Å². The van der Waals surface area contributed by atoms with Crippen LogP contribution in [-0.2, 0) is 5.41 Å². The summed E-state index contributed by atoms with van der Waals surface area (Å²) in [7, 11) is 0. The molecule has 0 aliphatic carbocycles. The number of nitrogens with zero attached hydrogens (tertiary/aromatic N) is 2. The Morgan fingerprint density at radius 1 is 0.727 bits per heavy atom. The Morgan fingerprint density at radius 2 is 1.45 bits per heavy atom. The lowest BCUT2D eigenvalue weighted by molar-refractivity contribution is 0.171. The van der Waals surface area contributed by atoms with Crippen LogP contribution in [0.5, 0.6) is 11.5 Å². The van der Waals surface area contributed by atoms with Crippen molar-refractivity contribution in [2.75, 3.05) is 18.5 Å². The maximum Gasteiger partial charge on any atom is 0.163 e. The fourth-order valence-electron chi connectivity index (χ4n) is 3.90. The van der Waals surface area contributed by atoms with Crippen molar-refractivity contribution >= 4 is 11.5 Å². The van der Waals surface area contributed by atoms with E-state index in [0.717, 1.165) is 39.6 Å². The summed E-state index contributed by atoms with van der Waals surface area (Å²) in [6.45, 7) is 7.79.